The molecule has 0 aliphatic heterocycles. The van der Waals surface area contributed by atoms with E-state index < -0.39 is 0 Å². The normalized spacial score (nSPS) is 11.5. The summed E-state index contributed by atoms with van der Waals surface area (Å²) in [6.45, 7) is 14.1. The molecule has 0 rings (SSSR count). The fraction of sp³-hybridized carbons (Fsp3) is 0.923. The van der Waals surface area contributed by atoms with Crippen molar-refractivity contribution in [3.8, 4) is 0 Å². The quantitative estimate of drug-likeness (QED) is 0.599. The highest BCUT2D eigenvalue weighted by molar-refractivity contribution is 5.69. The molecule has 0 N–H and O–H groups in total. The second-order valence-electron chi connectivity index (χ2n) is 5.10. The van der Waals surface area contributed by atoms with E-state index in [1.807, 2.05) is 6.92 Å². The maximum Gasteiger partial charge on any atom is 0.307 e. The summed E-state index contributed by atoms with van der Waals surface area (Å²) in [7, 11) is 0. The predicted octanol–water partition coefficient (Wildman–Crippen LogP) is 2.55. The molecule has 3 heteroatoms. The molecule has 0 aromatic carbocycles. The van der Waals surface area contributed by atoms with Crippen molar-refractivity contribution in [3.63, 3.8) is 0 Å². The largest absolute Gasteiger partial charge is 0.466 e. The number of esters is 1. The van der Waals surface area contributed by atoms with Gasteiger partial charge in [0.25, 0.3) is 0 Å². The van der Waals surface area contributed by atoms with E-state index in [-0.39, 0.29) is 5.97 Å². The Labute approximate surface area is 100 Å². The van der Waals surface area contributed by atoms with Gasteiger partial charge in [0.05, 0.1) is 13.0 Å². The molecule has 0 saturated heterocycles. The summed E-state index contributed by atoms with van der Waals surface area (Å²) in [5, 5.41) is 0. The van der Waals surface area contributed by atoms with Gasteiger partial charge < -0.3 is 9.64 Å². The number of carbonyl (C=O) groups is 1. The molecule has 0 aliphatic rings. The molecule has 0 amide bonds. The van der Waals surface area contributed by atoms with Crippen LogP contribution in [-0.2, 0) is 9.53 Å². The zero-order valence-corrected chi connectivity index (χ0v) is 11.5. The average molecular weight is 229 g/mol. The van der Waals surface area contributed by atoms with Crippen molar-refractivity contribution in [2.75, 3.05) is 26.2 Å². The topological polar surface area (TPSA) is 29.5 Å². The number of hydrogen-bond donors (Lipinski definition) is 0. The molecule has 0 radical (unpaired) electrons. The van der Waals surface area contributed by atoms with Crippen molar-refractivity contribution in [2.24, 2.45) is 11.8 Å². The van der Waals surface area contributed by atoms with Crippen LogP contribution in [0.25, 0.3) is 0 Å². The zero-order chi connectivity index (χ0) is 12.6. The minimum absolute atomic E-state index is 0.0833. The van der Waals surface area contributed by atoms with Crippen LogP contribution in [0.15, 0.2) is 0 Å². The van der Waals surface area contributed by atoms with E-state index in [1.54, 1.807) is 0 Å². The fourth-order valence-electron chi connectivity index (χ4n) is 1.77. The van der Waals surface area contributed by atoms with E-state index in [9.17, 15) is 4.79 Å². The van der Waals surface area contributed by atoms with Crippen LogP contribution < -0.4 is 0 Å². The van der Waals surface area contributed by atoms with E-state index in [2.05, 4.69) is 32.6 Å². The molecular formula is C13H27NO2. The molecule has 0 heterocycles. The van der Waals surface area contributed by atoms with Gasteiger partial charge in [-0.25, -0.2) is 0 Å². The van der Waals surface area contributed by atoms with Gasteiger partial charge in [0.2, 0.25) is 0 Å². The number of ether oxygens (including phenoxy) is 1. The van der Waals surface area contributed by atoms with E-state index in [1.165, 1.54) is 0 Å². The van der Waals surface area contributed by atoms with Crippen LogP contribution in [-0.4, -0.2) is 37.1 Å². The molecule has 16 heavy (non-hydrogen) atoms. The van der Waals surface area contributed by atoms with Crippen molar-refractivity contribution in [3.05, 3.63) is 0 Å². The summed E-state index contributed by atoms with van der Waals surface area (Å²) in [4.78, 5) is 13.6. The molecule has 0 aromatic heterocycles. The van der Waals surface area contributed by atoms with Crippen molar-refractivity contribution < 1.29 is 9.53 Å². The van der Waals surface area contributed by atoms with Gasteiger partial charge in [-0.1, -0.05) is 27.7 Å². The molecule has 0 aromatic rings. The Balaban J connectivity index is 3.95. The van der Waals surface area contributed by atoms with Gasteiger partial charge in [-0.3, -0.25) is 4.79 Å². The first-order valence-electron chi connectivity index (χ1n) is 6.33. The van der Waals surface area contributed by atoms with Crippen LogP contribution in [0.5, 0.6) is 0 Å². The minimum atomic E-state index is -0.0833. The molecule has 0 spiro atoms. The van der Waals surface area contributed by atoms with Crippen molar-refractivity contribution >= 4 is 5.97 Å². The van der Waals surface area contributed by atoms with Gasteiger partial charge in [-0.2, -0.15) is 0 Å². The average Bonchev–Trinajstić information content (AvgIpc) is 2.13. The number of hydrogen-bond acceptors (Lipinski definition) is 3. The Morgan fingerprint density at radius 1 is 1.12 bits per heavy atom. The fourth-order valence-corrected chi connectivity index (χ4v) is 1.77. The maximum atomic E-state index is 11.3. The van der Waals surface area contributed by atoms with Crippen molar-refractivity contribution in [1.29, 1.82) is 0 Å². The summed E-state index contributed by atoms with van der Waals surface area (Å²) >= 11 is 0. The highest BCUT2D eigenvalue weighted by Gasteiger charge is 2.11. The first kappa shape index (κ1) is 15.4. The van der Waals surface area contributed by atoms with E-state index >= 15 is 0 Å². The number of carbonyl (C=O) groups excluding carboxylic acids is 1. The highest BCUT2D eigenvalue weighted by atomic mass is 16.5. The van der Waals surface area contributed by atoms with Gasteiger partial charge in [-0.15, -0.1) is 0 Å². The standard InChI is InChI=1S/C13H27NO2/c1-6-16-13(15)7-8-14(9-11(2)3)10-12(4)5/h11-12H,6-10H2,1-5H3. The summed E-state index contributed by atoms with van der Waals surface area (Å²) in [5.41, 5.74) is 0. The molecular weight excluding hydrogens is 202 g/mol. The van der Waals surface area contributed by atoms with Gasteiger partial charge >= 0.3 is 5.97 Å². The summed E-state index contributed by atoms with van der Waals surface area (Å²) < 4.78 is 4.94. The monoisotopic (exact) mass is 229 g/mol. The van der Waals surface area contributed by atoms with Crippen molar-refractivity contribution in [2.45, 2.75) is 41.0 Å². The van der Waals surface area contributed by atoms with E-state index in [0.29, 0.717) is 24.9 Å². The van der Waals surface area contributed by atoms with E-state index in [0.717, 1.165) is 19.6 Å². The third-order valence-corrected chi connectivity index (χ3v) is 2.18. The highest BCUT2D eigenvalue weighted by Crippen LogP contribution is 2.05. The lowest BCUT2D eigenvalue weighted by Crippen LogP contribution is -2.33. The second-order valence-corrected chi connectivity index (χ2v) is 5.10. The first-order valence-corrected chi connectivity index (χ1v) is 6.33. The lowest BCUT2D eigenvalue weighted by Gasteiger charge is -2.25. The lowest BCUT2D eigenvalue weighted by molar-refractivity contribution is -0.143. The third kappa shape index (κ3) is 8.72. The van der Waals surface area contributed by atoms with Crippen LogP contribution in [0.3, 0.4) is 0 Å². The molecule has 0 bridgehead atoms. The SMILES string of the molecule is CCOC(=O)CCN(CC(C)C)CC(C)C. The van der Waals surface area contributed by atoms with Crippen LogP contribution in [0.1, 0.15) is 41.0 Å². The molecule has 0 fully saturated rings. The molecule has 3 nitrogen and oxygen atoms in total. The van der Waals surface area contributed by atoms with Crippen LogP contribution in [0, 0.1) is 11.8 Å². The molecule has 0 aliphatic carbocycles. The lowest BCUT2D eigenvalue weighted by atomic mass is 10.1. The van der Waals surface area contributed by atoms with Gasteiger partial charge in [0, 0.05) is 19.6 Å². The Bertz CT molecular complexity index is 180. The predicted molar refractivity (Wildman–Crippen MR) is 67.4 cm³/mol. The Morgan fingerprint density at radius 2 is 1.62 bits per heavy atom. The van der Waals surface area contributed by atoms with Gasteiger partial charge in [-0.05, 0) is 18.8 Å². The van der Waals surface area contributed by atoms with Crippen molar-refractivity contribution in [1.82, 2.24) is 4.90 Å². The maximum absolute atomic E-state index is 11.3. The Hall–Kier alpha value is -0.570. The Kier molecular flexibility index (Phi) is 8.26. The van der Waals surface area contributed by atoms with Crippen LogP contribution in [0.4, 0.5) is 0 Å². The smallest absolute Gasteiger partial charge is 0.307 e. The minimum Gasteiger partial charge on any atom is -0.466 e. The molecule has 0 saturated carbocycles. The zero-order valence-electron chi connectivity index (χ0n) is 11.5. The molecule has 0 atom stereocenters. The third-order valence-electron chi connectivity index (χ3n) is 2.18. The van der Waals surface area contributed by atoms with Gasteiger partial charge in [0.1, 0.15) is 0 Å². The van der Waals surface area contributed by atoms with E-state index in [4.69, 9.17) is 4.74 Å². The van der Waals surface area contributed by atoms with Crippen LogP contribution >= 0.6 is 0 Å². The first-order chi connectivity index (χ1) is 7.45. The molecule has 0 unspecified atom stereocenters. The van der Waals surface area contributed by atoms with Gasteiger partial charge in [0.15, 0.2) is 0 Å². The van der Waals surface area contributed by atoms with Crippen LogP contribution in [0.2, 0.25) is 0 Å². The molecule has 96 valence electrons. The summed E-state index contributed by atoms with van der Waals surface area (Å²) in [6, 6.07) is 0. The number of nitrogens with zero attached hydrogens (tertiary/aromatic N) is 1. The summed E-state index contributed by atoms with van der Waals surface area (Å²) in [5.74, 6) is 1.20. The Morgan fingerprint density at radius 3 is 2.00 bits per heavy atom. The second kappa shape index (κ2) is 8.57. The summed E-state index contributed by atoms with van der Waals surface area (Å²) in [6.07, 6.45) is 0.507. The number of rotatable bonds is 8.